The molecule has 2 fully saturated rings. The fourth-order valence-corrected chi connectivity index (χ4v) is 3.78. The summed E-state index contributed by atoms with van der Waals surface area (Å²) in [5.41, 5.74) is 3.90. The van der Waals surface area contributed by atoms with Crippen molar-refractivity contribution in [2.45, 2.75) is 18.4 Å². The number of likely N-dealkylation sites (tertiary alicyclic amines) is 1. The van der Waals surface area contributed by atoms with Gasteiger partial charge >= 0.3 is 0 Å². The molecule has 2 aliphatic rings. The van der Waals surface area contributed by atoms with E-state index in [-0.39, 0.29) is 11.7 Å². The highest BCUT2D eigenvalue weighted by molar-refractivity contribution is 5.94. The Labute approximate surface area is 174 Å². The van der Waals surface area contributed by atoms with Gasteiger partial charge in [-0.3, -0.25) is 14.8 Å². The molecule has 1 heterocycles. The van der Waals surface area contributed by atoms with E-state index in [1.807, 2.05) is 12.1 Å². The van der Waals surface area contributed by atoms with Crippen molar-refractivity contribution in [3.63, 3.8) is 0 Å². The van der Waals surface area contributed by atoms with Gasteiger partial charge in [-0.2, -0.15) is 0 Å². The van der Waals surface area contributed by atoms with Gasteiger partial charge in [-0.15, -0.1) is 0 Å². The number of nitrogens with one attached hydrogen (secondary N) is 2. The summed E-state index contributed by atoms with van der Waals surface area (Å²) >= 11 is 0. The fourth-order valence-electron chi connectivity index (χ4n) is 3.78. The molecule has 156 valence electrons. The highest BCUT2D eigenvalue weighted by Crippen LogP contribution is 2.40. The zero-order chi connectivity index (χ0) is 21.1. The van der Waals surface area contributed by atoms with Crippen molar-refractivity contribution in [3.8, 4) is 0 Å². The number of hydrogen-bond donors (Lipinski definition) is 3. The molecule has 2 aromatic carbocycles. The third kappa shape index (κ3) is 4.75. The molecule has 7 heteroatoms. The predicted molar refractivity (Wildman–Crippen MR) is 110 cm³/mol. The Morgan fingerprint density at radius 3 is 2.47 bits per heavy atom. The molecule has 0 unspecified atom stereocenters. The molecule has 4 rings (SSSR count). The zero-order valence-corrected chi connectivity index (χ0v) is 16.4. The van der Waals surface area contributed by atoms with Crippen molar-refractivity contribution < 1.29 is 19.2 Å². The molecular weight excluding hydrogens is 385 g/mol. The van der Waals surface area contributed by atoms with Gasteiger partial charge in [0.15, 0.2) is 0 Å². The maximum Gasteiger partial charge on any atom is 0.274 e. The lowest BCUT2D eigenvalue weighted by atomic mass is 9.99. The molecule has 0 aromatic heterocycles. The van der Waals surface area contributed by atoms with Gasteiger partial charge in [-0.1, -0.05) is 24.3 Å². The Bertz CT molecular complexity index is 937. The fraction of sp³-hybridized carbons (Fsp3) is 0.304. The minimum absolute atomic E-state index is 0.0287. The maximum absolute atomic E-state index is 13.0. The topological polar surface area (TPSA) is 81.7 Å². The van der Waals surface area contributed by atoms with E-state index in [1.165, 1.54) is 23.8 Å². The third-order valence-corrected chi connectivity index (χ3v) is 5.72. The number of halogens is 1. The average Bonchev–Trinajstić information content (AvgIpc) is 3.51. The van der Waals surface area contributed by atoms with E-state index in [1.54, 1.807) is 40.7 Å². The average molecular weight is 409 g/mol. The molecule has 0 spiro atoms. The number of amides is 2. The predicted octanol–water partition coefficient (Wildman–Crippen LogP) is 2.56. The van der Waals surface area contributed by atoms with E-state index in [4.69, 9.17) is 5.21 Å². The third-order valence-electron chi connectivity index (χ3n) is 5.72. The van der Waals surface area contributed by atoms with E-state index < -0.39 is 5.91 Å². The molecule has 1 saturated carbocycles. The monoisotopic (exact) mass is 409 g/mol. The Morgan fingerprint density at radius 1 is 1.10 bits per heavy atom. The summed E-state index contributed by atoms with van der Waals surface area (Å²) in [5, 5.41) is 12.2. The summed E-state index contributed by atoms with van der Waals surface area (Å²) < 4.78 is 13.0. The highest BCUT2D eigenvalue weighted by Gasteiger charge is 2.39. The highest BCUT2D eigenvalue weighted by atomic mass is 19.1. The van der Waals surface area contributed by atoms with Crippen LogP contribution in [0.15, 0.2) is 54.6 Å². The Morgan fingerprint density at radius 2 is 1.80 bits per heavy atom. The second-order valence-electron chi connectivity index (χ2n) is 7.91. The van der Waals surface area contributed by atoms with Crippen LogP contribution < -0.4 is 10.8 Å². The van der Waals surface area contributed by atoms with Crippen LogP contribution in [0, 0.1) is 11.7 Å². The number of nitrogens with zero attached hydrogens (tertiary/aromatic N) is 1. The lowest BCUT2D eigenvalue weighted by Gasteiger charge is -2.39. The first kappa shape index (κ1) is 20.3. The first-order valence-corrected chi connectivity index (χ1v) is 10.0. The molecule has 0 bridgehead atoms. The lowest BCUT2D eigenvalue weighted by Crippen LogP contribution is -2.53. The first-order valence-electron chi connectivity index (χ1n) is 10.0. The molecule has 6 nitrogen and oxygen atoms in total. The van der Waals surface area contributed by atoms with E-state index in [2.05, 4.69) is 5.32 Å². The molecule has 2 atom stereocenters. The van der Waals surface area contributed by atoms with E-state index in [0.717, 1.165) is 31.6 Å². The van der Waals surface area contributed by atoms with Gasteiger partial charge in [0.05, 0.1) is 0 Å². The summed E-state index contributed by atoms with van der Waals surface area (Å²) in [7, 11) is 0. The van der Waals surface area contributed by atoms with Crippen molar-refractivity contribution in [3.05, 3.63) is 77.1 Å². The van der Waals surface area contributed by atoms with Crippen LogP contribution in [0.25, 0.3) is 6.08 Å². The van der Waals surface area contributed by atoms with Crippen LogP contribution in [0.3, 0.4) is 0 Å². The quantitative estimate of drug-likeness (QED) is 0.373. The van der Waals surface area contributed by atoms with Crippen LogP contribution in [0.2, 0.25) is 0 Å². The molecule has 1 aliphatic carbocycles. The van der Waals surface area contributed by atoms with Crippen molar-refractivity contribution in [2.75, 3.05) is 19.6 Å². The number of hydrogen-bond acceptors (Lipinski definition) is 4. The van der Waals surface area contributed by atoms with E-state index >= 15 is 0 Å². The van der Waals surface area contributed by atoms with Crippen molar-refractivity contribution in [1.29, 1.82) is 0 Å². The summed E-state index contributed by atoms with van der Waals surface area (Å²) in [5.74, 6) is 0.105. The van der Waals surface area contributed by atoms with Crippen LogP contribution in [-0.4, -0.2) is 47.6 Å². The molecule has 30 heavy (non-hydrogen) atoms. The molecule has 2 amide bonds. The van der Waals surface area contributed by atoms with Crippen LogP contribution in [0.5, 0.6) is 0 Å². The SMILES string of the molecule is O=C(NO)c1ccc(/C=C/C(=O)N2CC(CN[C@H]3C[C@@H]3c3ccc(F)cc3)C2)cc1. The summed E-state index contributed by atoms with van der Waals surface area (Å²) in [6.45, 7) is 2.35. The second kappa shape index (κ2) is 8.77. The summed E-state index contributed by atoms with van der Waals surface area (Å²) in [4.78, 5) is 25.4. The zero-order valence-electron chi connectivity index (χ0n) is 16.4. The molecule has 1 saturated heterocycles. The molecule has 3 N–H and O–H groups in total. The van der Waals surface area contributed by atoms with Crippen LogP contribution in [0.4, 0.5) is 4.39 Å². The number of hydroxylamine groups is 1. The summed E-state index contributed by atoms with van der Waals surface area (Å²) in [6, 6.07) is 13.8. The van der Waals surface area contributed by atoms with E-state index in [0.29, 0.717) is 23.4 Å². The van der Waals surface area contributed by atoms with Gasteiger partial charge in [0.25, 0.3) is 5.91 Å². The first-order chi connectivity index (χ1) is 14.5. The Balaban J connectivity index is 1.17. The van der Waals surface area contributed by atoms with Gasteiger partial charge in [0.1, 0.15) is 5.82 Å². The van der Waals surface area contributed by atoms with Crippen LogP contribution in [-0.2, 0) is 4.79 Å². The van der Waals surface area contributed by atoms with Crippen LogP contribution >= 0.6 is 0 Å². The number of carbonyl (C=O) groups is 2. The van der Waals surface area contributed by atoms with Gasteiger partial charge in [0, 0.05) is 49.2 Å². The van der Waals surface area contributed by atoms with Crippen molar-refractivity contribution in [1.82, 2.24) is 15.7 Å². The molecule has 0 radical (unpaired) electrons. The van der Waals surface area contributed by atoms with Gasteiger partial charge in [-0.25, -0.2) is 9.87 Å². The molecule has 1 aliphatic heterocycles. The minimum atomic E-state index is -0.572. The molecule has 2 aromatic rings. The Kier molecular flexibility index (Phi) is 5.92. The maximum atomic E-state index is 13.0. The largest absolute Gasteiger partial charge is 0.338 e. The number of rotatable bonds is 7. The van der Waals surface area contributed by atoms with E-state index in [9.17, 15) is 14.0 Å². The minimum Gasteiger partial charge on any atom is -0.338 e. The van der Waals surface area contributed by atoms with Gasteiger partial charge < -0.3 is 10.2 Å². The second-order valence-corrected chi connectivity index (χ2v) is 7.91. The standard InChI is InChI=1S/C23H24FN3O3/c24-19-8-6-17(7-9-19)20-11-21(20)25-12-16-13-27(14-16)22(28)10-3-15-1-4-18(5-2-15)23(29)26-30/h1-10,16,20-21,25,30H,11-14H2,(H,26,29)/b10-3+/t20-,21+/m1/s1. The van der Waals surface area contributed by atoms with Gasteiger partial charge in [0.2, 0.25) is 5.91 Å². The van der Waals surface area contributed by atoms with Crippen molar-refractivity contribution in [2.24, 2.45) is 5.92 Å². The van der Waals surface area contributed by atoms with Crippen molar-refractivity contribution >= 4 is 17.9 Å². The Hall–Kier alpha value is -3.03. The lowest BCUT2D eigenvalue weighted by molar-refractivity contribution is -0.131. The molecular formula is C23H24FN3O3. The number of carbonyl (C=O) groups excluding carboxylic acids is 2. The summed E-state index contributed by atoms with van der Waals surface area (Å²) in [6.07, 6.45) is 4.32. The van der Waals surface area contributed by atoms with Crippen LogP contribution in [0.1, 0.15) is 33.8 Å². The number of benzene rings is 2. The smallest absolute Gasteiger partial charge is 0.274 e. The normalized spacial score (nSPS) is 20.8. The van der Waals surface area contributed by atoms with Gasteiger partial charge in [-0.05, 0) is 47.9 Å².